The molecular formula is C11H23NO. The van der Waals surface area contributed by atoms with Crippen LogP contribution in [0.25, 0.3) is 0 Å². The Hall–Kier alpha value is -0.0800. The Morgan fingerprint density at radius 3 is 2.77 bits per heavy atom. The highest BCUT2D eigenvalue weighted by Gasteiger charge is 2.32. The summed E-state index contributed by atoms with van der Waals surface area (Å²) >= 11 is 0. The second-order valence-electron chi connectivity index (χ2n) is 4.66. The largest absolute Gasteiger partial charge is 0.385 e. The Kier molecular flexibility index (Phi) is 4.20. The second-order valence-corrected chi connectivity index (χ2v) is 4.66. The molecule has 13 heavy (non-hydrogen) atoms. The van der Waals surface area contributed by atoms with E-state index in [1.54, 1.807) is 7.11 Å². The van der Waals surface area contributed by atoms with Crippen LogP contribution in [0.1, 0.15) is 45.4 Å². The standard InChI is InChI=1S/C11H23NO/c1-10-5-7-11(12,9-10)6-3-4-8-13-2/h10H,3-9,12H2,1-2H3. The highest BCUT2D eigenvalue weighted by Crippen LogP contribution is 2.35. The molecule has 0 bridgehead atoms. The Morgan fingerprint density at radius 2 is 2.23 bits per heavy atom. The third kappa shape index (κ3) is 3.65. The fourth-order valence-corrected chi connectivity index (χ4v) is 2.38. The van der Waals surface area contributed by atoms with Gasteiger partial charge in [-0.05, 0) is 44.4 Å². The van der Waals surface area contributed by atoms with E-state index in [0.717, 1.165) is 18.9 Å². The number of rotatable bonds is 5. The summed E-state index contributed by atoms with van der Waals surface area (Å²) in [6.07, 6.45) is 7.32. The van der Waals surface area contributed by atoms with Gasteiger partial charge in [-0.15, -0.1) is 0 Å². The lowest BCUT2D eigenvalue weighted by Gasteiger charge is -2.23. The first kappa shape index (κ1) is 11.0. The van der Waals surface area contributed by atoms with Gasteiger partial charge in [-0.25, -0.2) is 0 Å². The zero-order chi connectivity index (χ0) is 9.73. The summed E-state index contributed by atoms with van der Waals surface area (Å²) in [6.45, 7) is 3.19. The van der Waals surface area contributed by atoms with Gasteiger partial charge in [-0.1, -0.05) is 6.92 Å². The van der Waals surface area contributed by atoms with Gasteiger partial charge in [0.15, 0.2) is 0 Å². The highest BCUT2D eigenvalue weighted by molar-refractivity contribution is 4.91. The van der Waals surface area contributed by atoms with Crippen LogP contribution in [0.15, 0.2) is 0 Å². The molecule has 2 heteroatoms. The monoisotopic (exact) mass is 185 g/mol. The molecule has 0 aromatic heterocycles. The maximum absolute atomic E-state index is 6.29. The molecule has 78 valence electrons. The molecular weight excluding hydrogens is 162 g/mol. The lowest BCUT2D eigenvalue weighted by atomic mass is 9.91. The van der Waals surface area contributed by atoms with Crippen LogP contribution in [0.2, 0.25) is 0 Å². The molecule has 0 spiro atoms. The van der Waals surface area contributed by atoms with Crippen molar-refractivity contribution in [3.05, 3.63) is 0 Å². The van der Waals surface area contributed by atoms with E-state index in [4.69, 9.17) is 10.5 Å². The van der Waals surface area contributed by atoms with E-state index >= 15 is 0 Å². The average molecular weight is 185 g/mol. The second kappa shape index (κ2) is 4.97. The third-order valence-electron chi connectivity index (χ3n) is 3.16. The summed E-state index contributed by atoms with van der Waals surface area (Å²) in [6, 6.07) is 0. The number of nitrogens with two attached hydrogens (primary N) is 1. The van der Waals surface area contributed by atoms with Crippen LogP contribution in [0.3, 0.4) is 0 Å². The number of hydrogen-bond acceptors (Lipinski definition) is 2. The number of hydrogen-bond donors (Lipinski definition) is 1. The molecule has 1 fully saturated rings. The molecule has 2 atom stereocenters. The van der Waals surface area contributed by atoms with Gasteiger partial charge in [0, 0.05) is 19.3 Å². The summed E-state index contributed by atoms with van der Waals surface area (Å²) in [4.78, 5) is 0. The van der Waals surface area contributed by atoms with E-state index in [-0.39, 0.29) is 5.54 Å². The predicted octanol–water partition coefficient (Wildman–Crippen LogP) is 2.32. The van der Waals surface area contributed by atoms with Gasteiger partial charge < -0.3 is 10.5 Å². The van der Waals surface area contributed by atoms with Gasteiger partial charge >= 0.3 is 0 Å². The van der Waals surface area contributed by atoms with Crippen molar-refractivity contribution in [2.75, 3.05) is 13.7 Å². The van der Waals surface area contributed by atoms with Gasteiger partial charge in [0.05, 0.1) is 0 Å². The van der Waals surface area contributed by atoms with E-state index in [1.165, 1.54) is 32.1 Å². The third-order valence-corrected chi connectivity index (χ3v) is 3.16. The van der Waals surface area contributed by atoms with Crippen molar-refractivity contribution in [1.29, 1.82) is 0 Å². The van der Waals surface area contributed by atoms with Crippen LogP contribution in [0.5, 0.6) is 0 Å². The fraction of sp³-hybridized carbons (Fsp3) is 1.00. The van der Waals surface area contributed by atoms with Gasteiger partial charge in [0.1, 0.15) is 0 Å². The Morgan fingerprint density at radius 1 is 1.46 bits per heavy atom. The van der Waals surface area contributed by atoms with Crippen molar-refractivity contribution in [3.63, 3.8) is 0 Å². The Balaban J connectivity index is 2.12. The van der Waals surface area contributed by atoms with Gasteiger partial charge in [0.25, 0.3) is 0 Å². The van der Waals surface area contributed by atoms with Crippen molar-refractivity contribution in [2.24, 2.45) is 11.7 Å². The molecule has 0 aromatic carbocycles. The lowest BCUT2D eigenvalue weighted by Crippen LogP contribution is -2.36. The molecule has 2 N–H and O–H groups in total. The van der Waals surface area contributed by atoms with Crippen LogP contribution < -0.4 is 5.73 Å². The van der Waals surface area contributed by atoms with E-state index < -0.39 is 0 Å². The Labute approximate surface area is 81.8 Å². The quantitative estimate of drug-likeness (QED) is 0.667. The van der Waals surface area contributed by atoms with Crippen LogP contribution in [-0.2, 0) is 4.74 Å². The maximum atomic E-state index is 6.29. The van der Waals surface area contributed by atoms with Crippen molar-refractivity contribution >= 4 is 0 Å². The molecule has 1 saturated carbocycles. The van der Waals surface area contributed by atoms with E-state index in [9.17, 15) is 0 Å². The zero-order valence-electron chi connectivity index (χ0n) is 9.01. The van der Waals surface area contributed by atoms with Crippen molar-refractivity contribution in [2.45, 2.75) is 51.0 Å². The van der Waals surface area contributed by atoms with Crippen LogP contribution >= 0.6 is 0 Å². The van der Waals surface area contributed by atoms with Crippen LogP contribution in [0.4, 0.5) is 0 Å². The van der Waals surface area contributed by atoms with E-state index in [0.29, 0.717) is 0 Å². The molecule has 1 rings (SSSR count). The first-order valence-electron chi connectivity index (χ1n) is 5.44. The topological polar surface area (TPSA) is 35.2 Å². The summed E-state index contributed by atoms with van der Waals surface area (Å²) in [5.74, 6) is 0.840. The minimum atomic E-state index is 0.160. The maximum Gasteiger partial charge on any atom is 0.0462 e. The smallest absolute Gasteiger partial charge is 0.0462 e. The molecule has 0 radical (unpaired) electrons. The normalized spacial score (nSPS) is 33.9. The van der Waals surface area contributed by atoms with Crippen molar-refractivity contribution in [3.8, 4) is 0 Å². The SMILES string of the molecule is COCCCCC1(N)CCC(C)C1. The predicted molar refractivity (Wildman–Crippen MR) is 55.7 cm³/mol. The number of methoxy groups -OCH3 is 1. The minimum absolute atomic E-state index is 0.160. The summed E-state index contributed by atoms with van der Waals surface area (Å²) in [5, 5.41) is 0. The lowest BCUT2D eigenvalue weighted by molar-refractivity contribution is 0.188. The molecule has 2 nitrogen and oxygen atoms in total. The zero-order valence-corrected chi connectivity index (χ0v) is 9.01. The van der Waals surface area contributed by atoms with Crippen LogP contribution in [-0.4, -0.2) is 19.3 Å². The van der Waals surface area contributed by atoms with E-state index in [2.05, 4.69) is 6.92 Å². The Bertz CT molecular complexity index is 149. The molecule has 1 aliphatic carbocycles. The summed E-state index contributed by atoms with van der Waals surface area (Å²) in [5.41, 5.74) is 6.45. The fourth-order valence-electron chi connectivity index (χ4n) is 2.38. The molecule has 1 aliphatic rings. The van der Waals surface area contributed by atoms with Gasteiger partial charge in [0.2, 0.25) is 0 Å². The van der Waals surface area contributed by atoms with Crippen LogP contribution in [0, 0.1) is 5.92 Å². The number of unbranched alkanes of at least 4 members (excludes halogenated alkanes) is 1. The summed E-state index contributed by atoms with van der Waals surface area (Å²) < 4.78 is 5.02. The molecule has 0 aromatic rings. The van der Waals surface area contributed by atoms with Gasteiger partial charge in [-0.2, -0.15) is 0 Å². The first-order chi connectivity index (χ1) is 6.16. The summed E-state index contributed by atoms with van der Waals surface area (Å²) in [7, 11) is 1.76. The molecule has 2 unspecified atom stereocenters. The first-order valence-corrected chi connectivity index (χ1v) is 5.44. The molecule has 0 aliphatic heterocycles. The minimum Gasteiger partial charge on any atom is -0.385 e. The molecule has 0 amide bonds. The molecule has 0 saturated heterocycles. The average Bonchev–Trinajstić information content (AvgIpc) is 2.41. The van der Waals surface area contributed by atoms with Crippen molar-refractivity contribution in [1.82, 2.24) is 0 Å². The van der Waals surface area contributed by atoms with E-state index in [1.807, 2.05) is 0 Å². The van der Waals surface area contributed by atoms with Crippen molar-refractivity contribution < 1.29 is 4.74 Å². The highest BCUT2D eigenvalue weighted by atomic mass is 16.5. The molecule has 0 heterocycles. The van der Waals surface area contributed by atoms with Gasteiger partial charge in [-0.3, -0.25) is 0 Å². The number of ether oxygens (including phenoxy) is 1.